The van der Waals surface area contributed by atoms with Gasteiger partial charge in [-0.1, -0.05) is 11.6 Å². The maximum absolute atomic E-state index is 12.7. The topological polar surface area (TPSA) is 90.7 Å². The molecular formula is C12H10ClF3N2O4. The predicted molar refractivity (Wildman–Crippen MR) is 67.5 cm³/mol. The predicted octanol–water partition coefficient (Wildman–Crippen LogP) is 3.02. The molecule has 1 aliphatic heterocycles. The summed E-state index contributed by atoms with van der Waals surface area (Å²) in [6, 6.07) is -1.72. The summed E-state index contributed by atoms with van der Waals surface area (Å²) in [4.78, 5) is 26.1. The number of amides is 1. The fourth-order valence-corrected chi connectivity index (χ4v) is 2.72. The van der Waals surface area contributed by atoms with Crippen LogP contribution in [0.1, 0.15) is 30.1 Å². The summed E-state index contributed by atoms with van der Waals surface area (Å²) in [5.74, 6) is -1.36. The number of hydrogen-bond donors (Lipinski definition) is 2. The van der Waals surface area contributed by atoms with Crippen molar-refractivity contribution < 1.29 is 33.0 Å². The zero-order valence-electron chi connectivity index (χ0n) is 10.8. The smallest absolute Gasteiger partial charge is 0.433 e. The first-order valence-electron chi connectivity index (χ1n) is 6.09. The maximum Gasteiger partial charge on any atom is 0.433 e. The molecular weight excluding hydrogens is 329 g/mol. The molecule has 1 aromatic heterocycles. The molecule has 10 heteroatoms. The van der Waals surface area contributed by atoms with Crippen LogP contribution >= 0.6 is 11.6 Å². The van der Waals surface area contributed by atoms with Gasteiger partial charge in [0.2, 0.25) is 0 Å². The van der Waals surface area contributed by atoms with E-state index in [2.05, 4.69) is 4.98 Å². The molecule has 2 atom stereocenters. The summed E-state index contributed by atoms with van der Waals surface area (Å²) in [7, 11) is 0. The Kier molecular flexibility index (Phi) is 4.19. The van der Waals surface area contributed by atoms with Gasteiger partial charge in [0.1, 0.15) is 11.7 Å². The summed E-state index contributed by atoms with van der Waals surface area (Å²) in [5, 5.41) is 18.0. The minimum atomic E-state index is -4.71. The number of pyridine rings is 1. The molecule has 2 N–H and O–H groups in total. The number of aliphatic carboxylic acids is 1. The molecule has 0 spiro atoms. The third-order valence-corrected chi connectivity index (χ3v) is 3.74. The van der Waals surface area contributed by atoms with Crippen LogP contribution in [0.3, 0.4) is 0 Å². The fraction of sp³-hybridized carbons (Fsp3) is 0.417. The Morgan fingerprint density at radius 2 is 1.95 bits per heavy atom. The fourth-order valence-electron chi connectivity index (χ4n) is 2.49. The zero-order chi connectivity index (χ0) is 16.7. The summed E-state index contributed by atoms with van der Waals surface area (Å²) in [6.45, 7) is 0. The van der Waals surface area contributed by atoms with E-state index < -0.39 is 36.0 Å². The molecule has 1 saturated heterocycles. The van der Waals surface area contributed by atoms with Crippen molar-refractivity contribution in [1.29, 1.82) is 0 Å². The van der Waals surface area contributed by atoms with E-state index >= 15 is 0 Å². The first-order chi connectivity index (χ1) is 10.1. The number of likely N-dealkylation sites (tertiary alicyclic amines) is 1. The molecule has 0 unspecified atom stereocenters. The van der Waals surface area contributed by atoms with Crippen LogP contribution in [0.2, 0.25) is 5.02 Å². The quantitative estimate of drug-likeness (QED) is 0.865. The SMILES string of the molecule is O=C(O)[C@@H]1CC[C@@H](c2cc(C(F)(F)F)ncc2Cl)N1C(=O)O. The normalized spacial score (nSPS) is 21.9. The van der Waals surface area contributed by atoms with Gasteiger partial charge in [0.05, 0.1) is 11.1 Å². The van der Waals surface area contributed by atoms with Crippen molar-refractivity contribution in [1.82, 2.24) is 9.88 Å². The number of rotatable bonds is 2. The maximum atomic E-state index is 12.7. The summed E-state index contributed by atoms with van der Waals surface area (Å²) >= 11 is 5.83. The third-order valence-electron chi connectivity index (χ3n) is 3.43. The second-order valence-corrected chi connectivity index (χ2v) is 5.13. The Bertz CT molecular complexity index is 623. The van der Waals surface area contributed by atoms with Crippen molar-refractivity contribution in [3.05, 3.63) is 28.5 Å². The van der Waals surface area contributed by atoms with Gasteiger partial charge in [0.15, 0.2) is 0 Å². The van der Waals surface area contributed by atoms with Crippen molar-refractivity contribution in [3.63, 3.8) is 0 Å². The molecule has 0 radical (unpaired) electrons. The lowest BCUT2D eigenvalue weighted by molar-refractivity contribution is -0.142. The summed E-state index contributed by atoms with van der Waals surface area (Å²) in [6.07, 6.45) is -5.40. The number of halogens is 4. The zero-order valence-corrected chi connectivity index (χ0v) is 11.6. The number of hydrogen-bond acceptors (Lipinski definition) is 3. The van der Waals surface area contributed by atoms with Gasteiger partial charge < -0.3 is 10.2 Å². The Balaban J connectivity index is 2.46. The van der Waals surface area contributed by atoms with Gasteiger partial charge in [-0.05, 0) is 24.5 Å². The van der Waals surface area contributed by atoms with Crippen LogP contribution in [0.5, 0.6) is 0 Å². The van der Waals surface area contributed by atoms with Gasteiger partial charge in [-0.2, -0.15) is 13.2 Å². The first kappa shape index (κ1) is 16.3. The van der Waals surface area contributed by atoms with Crippen LogP contribution in [0.25, 0.3) is 0 Å². The highest BCUT2D eigenvalue weighted by molar-refractivity contribution is 6.31. The Morgan fingerprint density at radius 3 is 2.45 bits per heavy atom. The molecule has 6 nitrogen and oxygen atoms in total. The third kappa shape index (κ3) is 2.94. The number of carbonyl (C=O) groups is 2. The number of aromatic nitrogens is 1. The van der Waals surface area contributed by atoms with Gasteiger partial charge in [-0.25, -0.2) is 9.59 Å². The molecule has 0 bridgehead atoms. The van der Waals surface area contributed by atoms with Crippen molar-refractivity contribution in [2.75, 3.05) is 0 Å². The van der Waals surface area contributed by atoms with Crippen molar-refractivity contribution in [2.24, 2.45) is 0 Å². The molecule has 2 rings (SSSR count). The van der Waals surface area contributed by atoms with Crippen molar-refractivity contribution >= 4 is 23.7 Å². The van der Waals surface area contributed by atoms with Gasteiger partial charge >= 0.3 is 18.2 Å². The van der Waals surface area contributed by atoms with Gasteiger partial charge in [-0.3, -0.25) is 9.88 Å². The molecule has 0 saturated carbocycles. The largest absolute Gasteiger partial charge is 0.480 e. The van der Waals surface area contributed by atoms with Gasteiger partial charge in [-0.15, -0.1) is 0 Å². The second-order valence-electron chi connectivity index (χ2n) is 4.73. The second kappa shape index (κ2) is 5.64. The van der Waals surface area contributed by atoms with E-state index in [1.54, 1.807) is 0 Å². The van der Waals surface area contributed by atoms with E-state index in [0.717, 1.165) is 6.20 Å². The van der Waals surface area contributed by atoms with Crippen molar-refractivity contribution in [2.45, 2.75) is 31.1 Å². The minimum absolute atomic E-state index is 0.00764. The number of nitrogens with zero attached hydrogens (tertiary/aromatic N) is 2. The molecule has 22 heavy (non-hydrogen) atoms. The van der Waals surface area contributed by atoms with E-state index in [1.807, 2.05) is 0 Å². The van der Waals surface area contributed by atoms with Crippen LogP contribution < -0.4 is 0 Å². The van der Waals surface area contributed by atoms with E-state index in [-0.39, 0.29) is 23.4 Å². The number of alkyl halides is 3. The lowest BCUT2D eigenvalue weighted by Gasteiger charge is -2.26. The molecule has 2 heterocycles. The molecule has 1 amide bonds. The highest BCUT2D eigenvalue weighted by Gasteiger charge is 2.43. The highest BCUT2D eigenvalue weighted by atomic mass is 35.5. The number of carboxylic acids is 1. The molecule has 0 aromatic carbocycles. The van der Waals surface area contributed by atoms with Gasteiger partial charge in [0, 0.05) is 6.20 Å². The van der Waals surface area contributed by atoms with E-state index in [0.29, 0.717) is 11.0 Å². The summed E-state index contributed by atoms with van der Waals surface area (Å²) in [5.41, 5.74) is -1.31. The highest BCUT2D eigenvalue weighted by Crippen LogP contribution is 2.40. The lowest BCUT2D eigenvalue weighted by atomic mass is 10.0. The van der Waals surface area contributed by atoms with Gasteiger partial charge in [0.25, 0.3) is 0 Å². The Labute approximate surface area is 127 Å². The van der Waals surface area contributed by atoms with E-state index in [9.17, 15) is 22.8 Å². The average Bonchev–Trinajstić information content (AvgIpc) is 2.82. The van der Waals surface area contributed by atoms with Crippen LogP contribution in [-0.4, -0.2) is 38.2 Å². The molecule has 120 valence electrons. The van der Waals surface area contributed by atoms with E-state index in [4.69, 9.17) is 21.8 Å². The van der Waals surface area contributed by atoms with Crippen LogP contribution in [0.15, 0.2) is 12.3 Å². The molecule has 1 fully saturated rings. The summed E-state index contributed by atoms with van der Waals surface area (Å²) < 4.78 is 38.2. The lowest BCUT2D eigenvalue weighted by Crippen LogP contribution is -2.41. The number of carboxylic acid groups (broad SMARTS) is 2. The minimum Gasteiger partial charge on any atom is -0.480 e. The molecule has 1 aliphatic rings. The standard InChI is InChI=1S/C12H10ClF3N2O4/c13-6-4-17-9(12(14,15)16)3-5(6)7-1-2-8(10(19)20)18(7)11(21)22/h3-4,7-8H,1-2H2,(H,19,20)(H,21,22)/t7-,8-/m0/s1. The van der Waals surface area contributed by atoms with Crippen LogP contribution in [0.4, 0.5) is 18.0 Å². The van der Waals surface area contributed by atoms with Crippen molar-refractivity contribution in [3.8, 4) is 0 Å². The molecule has 0 aliphatic carbocycles. The monoisotopic (exact) mass is 338 g/mol. The molecule has 1 aromatic rings. The first-order valence-corrected chi connectivity index (χ1v) is 6.47. The van der Waals surface area contributed by atoms with Crippen LogP contribution in [-0.2, 0) is 11.0 Å². The Morgan fingerprint density at radius 1 is 1.32 bits per heavy atom. The Hall–Kier alpha value is -2.03. The van der Waals surface area contributed by atoms with E-state index in [1.165, 1.54) is 0 Å². The average molecular weight is 339 g/mol. The van der Waals surface area contributed by atoms with Crippen LogP contribution in [0, 0.1) is 0 Å².